The number of carbonyl (C=O) groups is 1. The molecule has 2 aromatic carbocycles. The van der Waals surface area contributed by atoms with Gasteiger partial charge in [0.2, 0.25) is 0 Å². The number of hydrogen-bond donors (Lipinski definition) is 1. The first-order valence-electron chi connectivity index (χ1n) is 9.20. The first kappa shape index (κ1) is 23.0. The summed E-state index contributed by atoms with van der Waals surface area (Å²) in [6, 6.07) is 9.77. The van der Waals surface area contributed by atoms with E-state index in [9.17, 15) is 9.18 Å². The molecule has 0 aliphatic carbocycles. The van der Waals surface area contributed by atoms with Crippen molar-refractivity contribution >= 4 is 56.6 Å². The Balaban J connectivity index is 2.25. The van der Waals surface area contributed by atoms with Gasteiger partial charge in [-0.15, -0.1) is 0 Å². The van der Waals surface area contributed by atoms with Crippen LogP contribution in [-0.2, 0) is 15.1 Å². The second-order valence-electron chi connectivity index (χ2n) is 7.60. The molecule has 1 heterocycles. The van der Waals surface area contributed by atoms with E-state index in [-0.39, 0.29) is 18.7 Å². The predicted molar refractivity (Wildman–Crippen MR) is 120 cm³/mol. The first-order chi connectivity index (χ1) is 14.1. The van der Waals surface area contributed by atoms with Gasteiger partial charge in [-0.25, -0.2) is 9.18 Å². The van der Waals surface area contributed by atoms with Crippen LogP contribution in [0.3, 0.4) is 0 Å². The van der Waals surface area contributed by atoms with E-state index in [2.05, 4.69) is 25.8 Å². The van der Waals surface area contributed by atoms with Crippen LogP contribution in [0.15, 0.2) is 45.9 Å². The van der Waals surface area contributed by atoms with Crippen molar-refractivity contribution in [2.24, 2.45) is 4.99 Å². The Morgan fingerprint density at radius 3 is 2.50 bits per heavy atom. The smallest absolute Gasteiger partial charge is 0.324 e. The molecule has 0 amide bonds. The Labute approximate surface area is 192 Å². The van der Waals surface area contributed by atoms with Gasteiger partial charge in [0.05, 0.1) is 17.6 Å². The minimum Gasteiger partial charge on any atom is -0.324 e. The maximum absolute atomic E-state index is 14.9. The van der Waals surface area contributed by atoms with E-state index < -0.39 is 22.7 Å². The van der Waals surface area contributed by atoms with Crippen molar-refractivity contribution in [2.75, 3.05) is 11.4 Å². The molecular weight excluding hydrogens is 498 g/mol. The number of hydrogen-bond acceptors (Lipinski definition) is 5. The molecule has 9 heteroatoms. The number of amidine groups is 1. The van der Waals surface area contributed by atoms with Crippen LogP contribution in [0.25, 0.3) is 0 Å². The quantitative estimate of drug-likeness (QED) is 0.375. The fourth-order valence-corrected chi connectivity index (χ4v) is 4.95. The van der Waals surface area contributed by atoms with Gasteiger partial charge < -0.3 is 4.90 Å². The third-order valence-corrected chi connectivity index (χ3v) is 6.51. The van der Waals surface area contributed by atoms with Gasteiger partial charge in [-0.3, -0.25) is 9.88 Å². The average molecular weight is 518 g/mol. The van der Waals surface area contributed by atoms with Crippen molar-refractivity contribution in [1.29, 1.82) is 0 Å². The highest BCUT2D eigenvalue weighted by Gasteiger charge is 2.51. The number of aliphatic imine (C=N–C) groups is 1. The molecule has 1 unspecified atom stereocenters. The number of rotatable bonds is 5. The number of halogens is 4. The number of anilines is 1. The van der Waals surface area contributed by atoms with Gasteiger partial charge in [0.25, 0.3) is 0 Å². The maximum Gasteiger partial charge on any atom is 0.371 e. The van der Waals surface area contributed by atoms with E-state index in [0.29, 0.717) is 25.9 Å². The van der Waals surface area contributed by atoms with E-state index in [1.165, 1.54) is 6.07 Å². The Hall–Kier alpha value is -1.67. The van der Waals surface area contributed by atoms with Crippen molar-refractivity contribution in [3.8, 4) is 0 Å². The minimum absolute atomic E-state index is 0.0116. The van der Waals surface area contributed by atoms with Crippen molar-refractivity contribution in [3.05, 3.63) is 62.3 Å². The largest absolute Gasteiger partial charge is 0.371 e. The molecule has 0 aromatic heterocycles. The molecule has 0 bridgehead atoms. The highest BCUT2D eigenvalue weighted by molar-refractivity contribution is 9.10. The normalized spacial score (nSPS) is 19.1. The second-order valence-corrected chi connectivity index (χ2v) is 9.33. The van der Waals surface area contributed by atoms with Gasteiger partial charge in [0.1, 0.15) is 11.7 Å². The molecule has 0 saturated heterocycles. The van der Waals surface area contributed by atoms with E-state index in [4.69, 9.17) is 28.5 Å². The third-order valence-electron chi connectivity index (χ3n) is 5.39. The first-order valence-corrected chi connectivity index (χ1v) is 10.8. The standard InChI is InChI=1S/C21H20BrCl2FN2O3/c1-4-21(19(28)30-29)11-27(16-9-8-12(22)10-15(16)25)18(26-21)20(2,3)17-13(23)6-5-7-14(17)24/h5-10,29H,4,11H2,1-3H3. The zero-order chi connectivity index (χ0) is 22.3. The van der Waals surface area contributed by atoms with Gasteiger partial charge in [-0.2, -0.15) is 5.26 Å². The Kier molecular flexibility index (Phi) is 6.49. The predicted octanol–water partition coefficient (Wildman–Crippen LogP) is 6.26. The summed E-state index contributed by atoms with van der Waals surface area (Å²) in [6.45, 7) is 5.43. The summed E-state index contributed by atoms with van der Waals surface area (Å²) >= 11 is 16.2. The molecule has 2 aromatic rings. The Bertz CT molecular complexity index is 1010. The van der Waals surface area contributed by atoms with Gasteiger partial charge in [-0.05, 0) is 50.6 Å². The summed E-state index contributed by atoms with van der Waals surface area (Å²) in [6.07, 6.45) is 0.233. The van der Waals surface area contributed by atoms with Gasteiger partial charge in [0.15, 0.2) is 5.54 Å². The monoisotopic (exact) mass is 516 g/mol. The van der Waals surface area contributed by atoms with Crippen LogP contribution in [0.1, 0.15) is 32.8 Å². The summed E-state index contributed by atoms with van der Waals surface area (Å²) in [5.41, 5.74) is -1.48. The lowest BCUT2D eigenvalue weighted by Gasteiger charge is -2.34. The number of benzene rings is 2. The highest BCUT2D eigenvalue weighted by atomic mass is 79.9. The summed E-state index contributed by atoms with van der Waals surface area (Å²) in [4.78, 5) is 22.8. The van der Waals surface area contributed by atoms with Crippen LogP contribution in [0.5, 0.6) is 0 Å². The van der Waals surface area contributed by atoms with Gasteiger partial charge >= 0.3 is 5.97 Å². The van der Waals surface area contributed by atoms with Crippen molar-refractivity contribution in [3.63, 3.8) is 0 Å². The molecule has 0 fully saturated rings. The summed E-state index contributed by atoms with van der Waals surface area (Å²) in [7, 11) is 0. The number of carbonyl (C=O) groups excluding carboxylic acids is 1. The molecule has 3 rings (SSSR count). The lowest BCUT2D eigenvalue weighted by Crippen LogP contribution is -2.45. The lowest BCUT2D eigenvalue weighted by molar-refractivity contribution is -0.239. The van der Waals surface area contributed by atoms with Crippen LogP contribution in [-0.4, -0.2) is 29.1 Å². The van der Waals surface area contributed by atoms with Crippen molar-refractivity contribution in [2.45, 2.75) is 38.1 Å². The van der Waals surface area contributed by atoms with E-state index >= 15 is 0 Å². The van der Waals surface area contributed by atoms with E-state index in [1.54, 1.807) is 42.2 Å². The summed E-state index contributed by atoms with van der Waals surface area (Å²) in [5.74, 6) is -1.03. The molecule has 30 heavy (non-hydrogen) atoms. The Morgan fingerprint density at radius 2 is 1.97 bits per heavy atom. The fraction of sp³-hybridized carbons (Fsp3) is 0.333. The van der Waals surface area contributed by atoms with E-state index in [0.717, 1.165) is 0 Å². The number of nitrogens with zero attached hydrogens (tertiary/aromatic N) is 2. The van der Waals surface area contributed by atoms with Crippen LogP contribution in [0, 0.1) is 5.82 Å². The fourth-order valence-electron chi connectivity index (χ4n) is 3.75. The Morgan fingerprint density at radius 1 is 1.33 bits per heavy atom. The van der Waals surface area contributed by atoms with Crippen LogP contribution in [0.2, 0.25) is 10.0 Å². The molecule has 1 aliphatic rings. The second kappa shape index (κ2) is 8.46. The average Bonchev–Trinajstić information content (AvgIpc) is 3.09. The topological polar surface area (TPSA) is 62.1 Å². The molecule has 0 spiro atoms. The highest BCUT2D eigenvalue weighted by Crippen LogP contribution is 2.43. The minimum atomic E-state index is -1.41. The third kappa shape index (κ3) is 3.84. The van der Waals surface area contributed by atoms with Crippen LogP contribution in [0.4, 0.5) is 10.1 Å². The van der Waals surface area contributed by atoms with Crippen molar-refractivity contribution < 1.29 is 19.3 Å². The molecule has 5 nitrogen and oxygen atoms in total. The van der Waals surface area contributed by atoms with Crippen LogP contribution < -0.4 is 4.90 Å². The zero-order valence-corrected chi connectivity index (χ0v) is 19.6. The molecule has 0 saturated carbocycles. The molecule has 1 aliphatic heterocycles. The van der Waals surface area contributed by atoms with E-state index in [1.807, 2.05) is 13.8 Å². The molecule has 1 N–H and O–H groups in total. The maximum atomic E-state index is 14.9. The van der Waals surface area contributed by atoms with Crippen LogP contribution >= 0.6 is 39.1 Å². The molecule has 0 radical (unpaired) electrons. The molecule has 160 valence electrons. The summed E-state index contributed by atoms with van der Waals surface area (Å²) < 4.78 is 15.5. The lowest BCUT2D eigenvalue weighted by atomic mass is 9.82. The molecule has 1 atom stereocenters. The SMILES string of the molecule is CCC1(C(=O)OO)CN(c2ccc(Br)cc2F)C(C(C)(C)c2c(Cl)cccc2Cl)=N1. The van der Waals surface area contributed by atoms with Gasteiger partial charge in [-0.1, -0.05) is 52.1 Å². The summed E-state index contributed by atoms with van der Waals surface area (Å²) in [5, 5.41) is 9.92. The zero-order valence-electron chi connectivity index (χ0n) is 16.5. The van der Waals surface area contributed by atoms with Gasteiger partial charge in [0, 0.05) is 20.1 Å². The van der Waals surface area contributed by atoms with Crippen molar-refractivity contribution in [1.82, 2.24) is 0 Å². The molecular formula is C21H20BrCl2FN2O3.